The van der Waals surface area contributed by atoms with Crippen LogP contribution in [-0.4, -0.2) is 38.1 Å². The molecule has 0 aliphatic carbocycles. The van der Waals surface area contributed by atoms with Crippen LogP contribution in [0.25, 0.3) is 28.4 Å². The van der Waals surface area contributed by atoms with Gasteiger partial charge >= 0.3 is 12.1 Å². The van der Waals surface area contributed by atoms with E-state index in [0.29, 0.717) is 47.5 Å². The lowest BCUT2D eigenvalue weighted by Gasteiger charge is -2.19. The van der Waals surface area contributed by atoms with Crippen molar-refractivity contribution in [1.82, 2.24) is 19.5 Å². The fourth-order valence-corrected chi connectivity index (χ4v) is 3.71. The molecule has 0 bridgehead atoms. The first-order valence-electron chi connectivity index (χ1n) is 9.24. The summed E-state index contributed by atoms with van der Waals surface area (Å²) in [6.07, 6.45) is -3.67. The van der Waals surface area contributed by atoms with Gasteiger partial charge in [-0.2, -0.15) is 22.0 Å². The third kappa shape index (κ3) is 4.23. The van der Waals surface area contributed by atoms with Crippen LogP contribution in [0.4, 0.5) is 22.0 Å². The average molecular weight is 458 g/mol. The fraction of sp³-hybridized carbons (Fsp3) is 0.350. The third-order valence-electron chi connectivity index (χ3n) is 4.43. The zero-order valence-electron chi connectivity index (χ0n) is 16.9. The van der Waals surface area contributed by atoms with Crippen LogP contribution < -0.4 is 0 Å². The van der Waals surface area contributed by atoms with Gasteiger partial charge in [0.15, 0.2) is 11.5 Å². The van der Waals surface area contributed by atoms with Crippen LogP contribution in [0.2, 0.25) is 0 Å². The number of aryl methyl sites for hydroxylation is 1. The Kier molecular flexibility index (Phi) is 6.26. The van der Waals surface area contributed by atoms with Crippen molar-refractivity contribution in [1.29, 1.82) is 0 Å². The van der Waals surface area contributed by atoms with E-state index in [-0.39, 0.29) is 11.2 Å². The number of imidazole rings is 1. The maximum Gasteiger partial charge on any atom is 0.458 e. The molecule has 3 heterocycles. The Morgan fingerprint density at radius 3 is 2.45 bits per heavy atom. The fourth-order valence-electron chi connectivity index (χ4n) is 2.91. The summed E-state index contributed by atoms with van der Waals surface area (Å²) in [6.45, 7) is 8.08. The highest BCUT2D eigenvalue weighted by Gasteiger charge is 2.59. The summed E-state index contributed by atoms with van der Waals surface area (Å²) in [4.78, 5) is 13.2. The van der Waals surface area contributed by atoms with Crippen molar-refractivity contribution in [3.63, 3.8) is 0 Å². The molecule has 0 spiro atoms. The van der Waals surface area contributed by atoms with Crippen LogP contribution in [0.5, 0.6) is 0 Å². The molecule has 0 amide bonds. The van der Waals surface area contributed by atoms with Gasteiger partial charge in [-0.15, -0.1) is 11.8 Å². The van der Waals surface area contributed by atoms with E-state index in [9.17, 15) is 22.0 Å². The molecule has 0 N–H and O–H groups in total. The van der Waals surface area contributed by atoms with E-state index < -0.39 is 17.7 Å². The molecule has 11 heteroatoms. The number of hydrogen-bond donors (Lipinski definition) is 0. The number of halogens is 5. The van der Waals surface area contributed by atoms with Gasteiger partial charge in [-0.05, 0) is 24.8 Å². The first-order chi connectivity index (χ1) is 14.5. The number of aromatic nitrogens is 4. The lowest BCUT2D eigenvalue weighted by Crippen LogP contribution is -2.33. The maximum atomic E-state index is 13.7. The molecule has 0 aliphatic rings. The van der Waals surface area contributed by atoms with E-state index in [0.717, 1.165) is 4.90 Å². The minimum absolute atomic E-state index is 0.0871. The molecule has 0 fully saturated rings. The van der Waals surface area contributed by atoms with Crippen LogP contribution >= 0.6 is 11.8 Å². The highest BCUT2D eigenvalue weighted by molar-refractivity contribution is 7.99. The van der Waals surface area contributed by atoms with E-state index in [4.69, 9.17) is 4.74 Å². The van der Waals surface area contributed by atoms with E-state index in [1.54, 1.807) is 13.2 Å². The van der Waals surface area contributed by atoms with Gasteiger partial charge in [-0.25, -0.2) is 9.97 Å². The molecule has 166 valence electrons. The van der Waals surface area contributed by atoms with E-state index >= 15 is 0 Å². The Hall–Kier alpha value is -2.69. The summed E-state index contributed by atoms with van der Waals surface area (Å²) < 4.78 is 72.6. The second-order valence-electron chi connectivity index (χ2n) is 6.49. The first kappa shape index (κ1) is 23.0. The predicted octanol–water partition coefficient (Wildman–Crippen LogP) is 5.80. The summed E-state index contributed by atoms with van der Waals surface area (Å²) in [5.41, 5.74) is -0.0727. The quantitative estimate of drug-likeness (QED) is 0.254. The SMILES string of the molecule is C=C(OCC)c1cnc(-c2nc3cc(C(F)(F)C(F)(F)F)cnc3n2C)c(SCC)c1. The molecular weight excluding hydrogens is 439 g/mol. The van der Waals surface area contributed by atoms with E-state index in [2.05, 4.69) is 21.5 Å². The molecule has 0 aromatic carbocycles. The molecule has 0 aliphatic heterocycles. The topological polar surface area (TPSA) is 52.8 Å². The Bertz CT molecular complexity index is 1130. The van der Waals surface area contributed by atoms with Crippen molar-refractivity contribution in [3.8, 4) is 11.5 Å². The number of rotatable bonds is 7. The highest BCUT2D eigenvalue weighted by atomic mass is 32.2. The largest absolute Gasteiger partial charge is 0.494 e. The van der Waals surface area contributed by atoms with E-state index in [1.165, 1.54) is 16.3 Å². The van der Waals surface area contributed by atoms with Gasteiger partial charge in [0.2, 0.25) is 0 Å². The number of fused-ring (bicyclic) bond motifs is 1. The molecule has 0 atom stereocenters. The predicted molar refractivity (Wildman–Crippen MR) is 109 cm³/mol. The van der Waals surface area contributed by atoms with Gasteiger partial charge in [0.25, 0.3) is 0 Å². The second-order valence-corrected chi connectivity index (χ2v) is 7.80. The van der Waals surface area contributed by atoms with Crippen LogP contribution in [0.15, 0.2) is 36.0 Å². The molecule has 3 rings (SSSR count). The van der Waals surface area contributed by atoms with E-state index in [1.807, 2.05) is 19.9 Å². The standard InChI is InChI=1S/C20H19F5N4OS/c1-5-30-11(3)12-7-15(31-6-2)16(26-9-12)18-28-14-8-13(10-27-17(14)29(18)4)19(21,22)20(23,24)25/h7-10H,3,5-6H2,1-2,4H3. The minimum atomic E-state index is -5.73. The molecule has 31 heavy (non-hydrogen) atoms. The monoisotopic (exact) mass is 458 g/mol. The van der Waals surface area contributed by atoms with Crippen molar-refractivity contribution in [2.45, 2.75) is 30.8 Å². The van der Waals surface area contributed by atoms with Gasteiger partial charge in [-0.1, -0.05) is 13.5 Å². The Balaban J connectivity index is 2.12. The van der Waals surface area contributed by atoms with Crippen LogP contribution in [0.3, 0.4) is 0 Å². The number of nitrogens with zero attached hydrogens (tertiary/aromatic N) is 4. The average Bonchev–Trinajstić information content (AvgIpc) is 3.03. The van der Waals surface area contributed by atoms with Crippen molar-refractivity contribution < 1.29 is 26.7 Å². The molecule has 3 aromatic heterocycles. The van der Waals surface area contributed by atoms with Gasteiger partial charge in [-0.3, -0.25) is 4.98 Å². The lowest BCUT2D eigenvalue weighted by atomic mass is 10.1. The molecule has 0 radical (unpaired) electrons. The number of pyridine rings is 2. The molecule has 0 unspecified atom stereocenters. The van der Waals surface area contributed by atoms with Crippen molar-refractivity contribution in [3.05, 3.63) is 42.2 Å². The molecule has 3 aromatic rings. The van der Waals surface area contributed by atoms with Crippen LogP contribution in [-0.2, 0) is 17.7 Å². The number of hydrogen-bond acceptors (Lipinski definition) is 5. The minimum Gasteiger partial charge on any atom is -0.494 e. The molecule has 0 saturated heterocycles. The lowest BCUT2D eigenvalue weighted by molar-refractivity contribution is -0.289. The molecule has 5 nitrogen and oxygen atoms in total. The number of ether oxygens (including phenoxy) is 1. The summed E-state index contributed by atoms with van der Waals surface area (Å²) in [7, 11) is 1.59. The van der Waals surface area contributed by atoms with Crippen molar-refractivity contribution >= 4 is 28.7 Å². The third-order valence-corrected chi connectivity index (χ3v) is 5.34. The summed E-state index contributed by atoms with van der Waals surface area (Å²) in [6, 6.07) is 2.53. The molecular formula is C20H19F5N4OS. The summed E-state index contributed by atoms with van der Waals surface area (Å²) in [5, 5.41) is 0. The Morgan fingerprint density at radius 2 is 1.84 bits per heavy atom. The van der Waals surface area contributed by atoms with Crippen LogP contribution in [0, 0.1) is 0 Å². The second kappa shape index (κ2) is 8.45. The van der Waals surface area contributed by atoms with Gasteiger partial charge in [0.1, 0.15) is 17.0 Å². The highest BCUT2D eigenvalue weighted by Crippen LogP contribution is 2.44. The molecule has 0 saturated carbocycles. The van der Waals surface area contributed by atoms with Gasteiger partial charge in [0.05, 0.1) is 12.2 Å². The summed E-state index contributed by atoms with van der Waals surface area (Å²) in [5.74, 6) is -3.58. The number of thioether (sulfide) groups is 1. The van der Waals surface area contributed by atoms with Gasteiger partial charge < -0.3 is 9.30 Å². The Morgan fingerprint density at radius 1 is 1.13 bits per heavy atom. The normalized spacial score (nSPS) is 12.4. The zero-order valence-corrected chi connectivity index (χ0v) is 17.7. The van der Waals surface area contributed by atoms with Gasteiger partial charge in [0, 0.05) is 29.9 Å². The Labute approximate surface area is 179 Å². The first-order valence-corrected chi connectivity index (χ1v) is 10.2. The van der Waals surface area contributed by atoms with Crippen LogP contribution in [0.1, 0.15) is 25.0 Å². The summed E-state index contributed by atoms with van der Waals surface area (Å²) >= 11 is 1.47. The smallest absolute Gasteiger partial charge is 0.458 e. The van der Waals surface area contributed by atoms with Crippen molar-refractivity contribution in [2.75, 3.05) is 12.4 Å². The number of alkyl halides is 5. The van der Waals surface area contributed by atoms with Crippen molar-refractivity contribution in [2.24, 2.45) is 7.05 Å². The zero-order chi connectivity index (χ0) is 23.0. The maximum absolute atomic E-state index is 13.7.